The number of hydrogen-bond acceptors (Lipinski definition) is 4. The molecule has 56 valence electrons. The maximum atomic E-state index is 5.27. The van der Waals surface area contributed by atoms with E-state index in [4.69, 9.17) is 11.5 Å². The number of rotatable bonds is 6. The first-order valence-corrected chi connectivity index (χ1v) is 5.28. The van der Waals surface area contributed by atoms with Crippen LogP contribution in [0.4, 0.5) is 0 Å². The van der Waals surface area contributed by atoms with Gasteiger partial charge in [0.1, 0.15) is 0 Å². The van der Waals surface area contributed by atoms with Crippen LogP contribution >= 0.6 is 23.5 Å². The fourth-order valence-corrected chi connectivity index (χ4v) is 1.64. The molecule has 0 aliphatic rings. The van der Waals surface area contributed by atoms with Crippen molar-refractivity contribution >= 4 is 23.5 Å². The van der Waals surface area contributed by atoms with E-state index < -0.39 is 0 Å². The van der Waals surface area contributed by atoms with Crippen molar-refractivity contribution in [2.45, 2.75) is 6.42 Å². The molecule has 4 N–H and O–H groups in total. The quantitative estimate of drug-likeness (QED) is 0.450. The van der Waals surface area contributed by atoms with Gasteiger partial charge >= 0.3 is 0 Å². The van der Waals surface area contributed by atoms with Gasteiger partial charge in [-0.15, -0.1) is 23.5 Å². The van der Waals surface area contributed by atoms with E-state index in [2.05, 4.69) is 0 Å². The molecule has 0 aromatic rings. The van der Waals surface area contributed by atoms with Gasteiger partial charge in [0.15, 0.2) is 0 Å². The van der Waals surface area contributed by atoms with Crippen LogP contribution in [-0.4, -0.2) is 23.3 Å². The number of thioether (sulfide) groups is 2. The Morgan fingerprint density at radius 3 is 1.67 bits per heavy atom. The highest BCUT2D eigenvalue weighted by Crippen LogP contribution is 2.03. The van der Waals surface area contributed by atoms with E-state index in [9.17, 15) is 0 Å². The van der Waals surface area contributed by atoms with Crippen LogP contribution in [0.2, 0.25) is 0 Å². The summed E-state index contributed by atoms with van der Waals surface area (Å²) in [7, 11) is 0. The SMILES string of the molecule is NCSCCCSCN. The zero-order valence-electron chi connectivity index (χ0n) is 5.51. The third-order valence-corrected chi connectivity index (χ3v) is 2.44. The minimum atomic E-state index is 0.743. The lowest BCUT2D eigenvalue weighted by Crippen LogP contribution is -1.97. The average molecular weight is 166 g/mol. The van der Waals surface area contributed by atoms with Gasteiger partial charge in [-0.2, -0.15) is 0 Å². The summed E-state index contributed by atoms with van der Waals surface area (Å²) >= 11 is 3.56. The van der Waals surface area contributed by atoms with Crippen LogP contribution in [0.3, 0.4) is 0 Å². The van der Waals surface area contributed by atoms with Gasteiger partial charge < -0.3 is 11.5 Å². The molecule has 0 rings (SSSR count). The second-order valence-electron chi connectivity index (χ2n) is 1.50. The molecule has 0 spiro atoms. The summed E-state index contributed by atoms with van der Waals surface area (Å²) in [5.74, 6) is 3.83. The Morgan fingerprint density at radius 2 is 1.33 bits per heavy atom. The highest BCUT2D eigenvalue weighted by molar-refractivity contribution is 8.00. The van der Waals surface area contributed by atoms with Crippen molar-refractivity contribution in [3.63, 3.8) is 0 Å². The first-order chi connectivity index (χ1) is 4.41. The van der Waals surface area contributed by atoms with Crippen molar-refractivity contribution in [3.05, 3.63) is 0 Å². The zero-order chi connectivity index (χ0) is 6.95. The van der Waals surface area contributed by atoms with Crippen molar-refractivity contribution in [1.82, 2.24) is 0 Å². The minimum Gasteiger partial charge on any atom is -0.322 e. The molecule has 0 unspecified atom stereocenters. The standard InChI is InChI=1S/C5H14N2S2/c6-4-8-2-1-3-9-5-7/h1-7H2. The largest absolute Gasteiger partial charge is 0.322 e. The molecule has 0 heterocycles. The van der Waals surface area contributed by atoms with Gasteiger partial charge in [-0.1, -0.05) is 0 Å². The molecular weight excluding hydrogens is 152 g/mol. The van der Waals surface area contributed by atoms with E-state index in [1.54, 1.807) is 23.5 Å². The number of hydrogen-bond donors (Lipinski definition) is 2. The Labute approximate surface area is 65.1 Å². The lowest BCUT2D eigenvalue weighted by molar-refractivity contribution is 1.12. The highest BCUT2D eigenvalue weighted by Gasteiger charge is 1.86. The molecule has 9 heavy (non-hydrogen) atoms. The van der Waals surface area contributed by atoms with Crippen LogP contribution in [0.25, 0.3) is 0 Å². The topological polar surface area (TPSA) is 52.0 Å². The summed E-state index contributed by atoms with van der Waals surface area (Å²) in [5.41, 5.74) is 10.5. The molecule has 2 nitrogen and oxygen atoms in total. The minimum absolute atomic E-state index is 0.743. The summed E-state index contributed by atoms with van der Waals surface area (Å²) in [6.07, 6.45) is 1.23. The van der Waals surface area contributed by atoms with E-state index in [-0.39, 0.29) is 0 Å². The second kappa shape index (κ2) is 8.62. The molecule has 0 bridgehead atoms. The van der Waals surface area contributed by atoms with Crippen molar-refractivity contribution < 1.29 is 0 Å². The van der Waals surface area contributed by atoms with Crippen LogP contribution in [0.5, 0.6) is 0 Å². The molecular formula is C5H14N2S2. The fourth-order valence-electron chi connectivity index (χ4n) is 0.430. The maximum absolute atomic E-state index is 5.27. The van der Waals surface area contributed by atoms with Gasteiger partial charge in [-0.05, 0) is 17.9 Å². The van der Waals surface area contributed by atoms with Crippen LogP contribution in [-0.2, 0) is 0 Å². The van der Waals surface area contributed by atoms with Gasteiger partial charge in [0.25, 0.3) is 0 Å². The Morgan fingerprint density at radius 1 is 0.889 bits per heavy atom. The normalized spacial score (nSPS) is 10.0. The number of nitrogens with two attached hydrogens (primary N) is 2. The molecule has 0 aliphatic heterocycles. The summed E-state index contributed by atoms with van der Waals surface area (Å²) in [6.45, 7) is 0. The third-order valence-electron chi connectivity index (χ3n) is 0.813. The molecule has 0 aromatic carbocycles. The Bertz CT molecular complexity index is 46.2. The molecule has 0 saturated heterocycles. The van der Waals surface area contributed by atoms with E-state index in [0.717, 1.165) is 11.8 Å². The molecule has 0 amide bonds. The lowest BCUT2D eigenvalue weighted by atomic mass is 10.6. The summed E-state index contributed by atoms with van der Waals surface area (Å²) < 4.78 is 0. The Hall–Kier alpha value is 0.620. The predicted octanol–water partition coefficient (Wildman–Crippen LogP) is 0.675. The van der Waals surface area contributed by atoms with Gasteiger partial charge in [0.05, 0.1) is 0 Å². The molecule has 0 saturated carbocycles. The average Bonchev–Trinajstić information content (AvgIpc) is 1.89. The Kier molecular flexibility index (Phi) is 9.21. The zero-order valence-corrected chi connectivity index (χ0v) is 7.14. The second-order valence-corrected chi connectivity index (χ2v) is 3.80. The van der Waals surface area contributed by atoms with Crippen LogP contribution in [0.15, 0.2) is 0 Å². The van der Waals surface area contributed by atoms with Gasteiger partial charge in [0.2, 0.25) is 0 Å². The molecule has 0 aromatic heterocycles. The van der Waals surface area contributed by atoms with Gasteiger partial charge in [-0.3, -0.25) is 0 Å². The molecule has 0 atom stereocenters. The molecule has 4 heteroatoms. The van der Waals surface area contributed by atoms with Crippen molar-refractivity contribution in [1.29, 1.82) is 0 Å². The van der Waals surface area contributed by atoms with E-state index in [1.165, 1.54) is 17.9 Å². The molecule has 0 radical (unpaired) electrons. The first kappa shape index (κ1) is 9.62. The van der Waals surface area contributed by atoms with Crippen LogP contribution < -0.4 is 11.5 Å². The smallest absolute Gasteiger partial charge is 0.0392 e. The maximum Gasteiger partial charge on any atom is 0.0392 e. The Balaban J connectivity index is 2.60. The van der Waals surface area contributed by atoms with E-state index >= 15 is 0 Å². The molecule has 0 fully saturated rings. The van der Waals surface area contributed by atoms with Gasteiger partial charge in [-0.25, -0.2) is 0 Å². The molecule has 0 aliphatic carbocycles. The lowest BCUT2D eigenvalue weighted by Gasteiger charge is -1.96. The van der Waals surface area contributed by atoms with E-state index in [0.29, 0.717) is 0 Å². The van der Waals surface area contributed by atoms with E-state index in [1.807, 2.05) is 0 Å². The summed E-state index contributed by atoms with van der Waals surface area (Å²) in [5, 5.41) is 0. The summed E-state index contributed by atoms with van der Waals surface area (Å²) in [6, 6.07) is 0. The summed E-state index contributed by atoms with van der Waals surface area (Å²) in [4.78, 5) is 0. The first-order valence-electron chi connectivity index (χ1n) is 2.97. The van der Waals surface area contributed by atoms with Crippen molar-refractivity contribution in [3.8, 4) is 0 Å². The van der Waals surface area contributed by atoms with Crippen LogP contribution in [0, 0.1) is 0 Å². The van der Waals surface area contributed by atoms with Crippen molar-refractivity contribution in [2.24, 2.45) is 11.5 Å². The highest BCUT2D eigenvalue weighted by atomic mass is 32.2. The fraction of sp³-hybridized carbons (Fsp3) is 1.00. The monoisotopic (exact) mass is 166 g/mol. The van der Waals surface area contributed by atoms with Crippen LogP contribution in [0.1, 0.15) is 6.42 Å². The third kappa shape index (κ3) is 8.62. The predicted molar refractivity (Wildman–Crippen MR) is 47.6 cm³/mol. The van der Waals surface area contributed by atoms with Crippen molar-refractivity contribution in [2.75, 3.05) is 23.3 Å². The van der Waals surface area contributed by atoms with Gasteiger partial charge in [0, 0.05) is 11.8 Å².